The number of carbonyl (C=O) groups is 1. The van der Waals surface area contributed by atoms with Crippen molar-refractivity contribution in [3.8, 4) is 0 Å². The molecule has 0 aromatic heterocycles. The maximum atomic E-state index is 10.3. The molecule has 0 fully saturated rings. The molecule has 0 rings (SSSR count). The fraction of sp³-hybridized carbons (Fsp3) is 0.963. The molecule has 3 nitrogen and oxygen atoms in total. The van der Waals surface area contributed by atoms with Crippen molar-refractivity contribution in [2.45, 2.75) is 155 Å². The summed E-state index contributed by atoms with van der Waals surface area (Å²) in [5.74, 6) is 0.883. The summed E-state index contributed by atoms with van der Waals surface area (Å²) < 4.78 is 0. The predicted molar refractivity (Wildman–Crippen MR) is 132 cm³/mol. The summed E-state index contributed by atoms with van der Waals surface area (Å²) >= 11 is 0. The fourth-order valence-electron chi connectivity index (χ4n) is 4.23. The second-order valence-electron chi connectivity index (χ2n) is 9.84. The van der Waals surface area contributed by atoms with Gasteiger partial charge in [-0.05, 0) is 12.3 Å². The first-order valence-corrected chi connectivity index (χ1v) is 13.6. The van der Waals surface area contributed by atoms with Crippen LogP contribution >= 0.6 is 0 Å². The Morgan fingerprint density at radius 1 is 0.533 bits per heavy atom. The zero-order chi connectivity index (χ0) is 22.1. The number of hydrogen-bond donors (Lipinski definition) is 2. The smallest absolute Gasteiger partial charge is 0.404 e. The zero-order valence-corrected chi connectivity index (χ0v) is 20.7. The van der Waals surface area contributed by atoms with E-state index in [2.05, 4.69) is 19.2 Å². The molecular weight excluding hydrogens is 370 g/mol. The quantitative estimate of drug-likeness (QED) is 0.151. The Balaban J connectivity index is 3.01. The van der Waals surface area contributed by atoms with Gasteiger partial charge in [-0.25, -0.2) is 4.79 Å². The van der Waals surface area contributed by atoms with Crippen molar-refractivity contribution in [2.75, 3.05) is 6.54 Å². The van der Waals surface area contributed by atoms with Gasteiger partial charge in [0.1, 0.15) is 0 Å². The van der Waals surface area contributed by atoms with E-state index in [0.717, 1.165) is 18.8 Å². The lowest BCUT2D eigenvalue weighted by Gasteiger charge is -2.05. The van der Waals surface area contributed by atoms with E-state index >= 15 is 0 Å². The highest BCUT2D eigenvalue weighted by atomic mass is 16.4. The summed E-state index contributed by atoms with van der Waals surface area (Å²) in [6.45, 7) is 5.27. The second kappa shape index (κ2) is 24.5. The van der Waals surface area contributed by atoms with Crippen LogP contribution in [0.3, 0.4) is 0 Å². The van der Waals surface area contributed by atoms with Crippen molar-refractivity contribution in [1.29, 1.82) is 0 Å². The molecule has 30 heavy (non-hydrogen) atoms. The lowest BCUT2D eigenvalue weighted by molar-refractivity contribution is 0.194. The van der Waals surface area contributed by atoms with Gasteiger partial charge in [0, 0.05) is 6.54 Å². The molecule has 0 spiro atoms. The molecule has 2 N–H and O–H groups in total. The average molecular weight is 426 g/mol. The van der Waals surface area contributed by atoms with E-state index < -0.39 is 6.09 Å². The predicted octanol–water partition coefficient (Wildman–Crippen LogP) is 9.49. The van der Waals surface area contributed by atoms with Crippen LogP contribution in [0.4, 0.5) is 4.79 Å². The van der Waals surface area contributed by atoms with Crippen LogP contribution in [0.5, 0.6) is 0 Å². The summed E-state index contributed by atoms with van der Waals surface area (Å²) in [5, 5.41) is 10.9. The lowest BCUT2D eigenvalue weighted by atomic mass is 10.0. The summed E-state index contributed by atoms with van der Waals surface area (Å²) in [5.41, 5.74) is 0. The maximum Gasteiger partial charge on any atom is 0.404 e. The Labute approximate surface area is 189 Å². The van der Waals surface area contributed by atoms with Gasteiger partial charge < -0.3 is 10.4 Å². The minimum atomic E-state index is -0.899. The Morgan fingerprint density at radius 3 is 1.07 bits per heavy atom. The molecule has 0 unspecified atom stereocenters. The largest absolute Gasteiger partial charge is 0.465 e. The van der Waals surface area contributed by atoms with E-state index in [1.807, 2.05) is 0 Å². The van der Waals surface area contributed by atoms with Gasteiger partial charge in [0.25, 0.3) is 0 Å². The highest BCUT2D eigenvalue weighted by Crippen LogP contribution is 2.15. The van der Waals surface area contributed by atoms with Gasteiger partial charge in [-0.15, -0.1) is 0 Å². The second-order valence-corrected chi connectivity index (χ2v) is 9.84. The van der Waals surface area contributed by atoms with Crippen LogP contribution in [0.15, 0.2) is 0 Å². The van der Waals surface area contributed by atoms with Gasteiger partial charge >= 0.3 is 6.09 Å². The molecule has 0 aliphatic rings. The van der Waals surface area contributed by atoms with Crippen LogP contribution in [0.2, 0.25) is 0 Å². The molecule has 0 radical (unpaired) electrons. The van der Waals surface area contributed by atoms with E-state index in [0.29, 0.717) is 6.54 Å². The third-order valence-electron chi connectivity index (χ3n) is 6.23. The first kappa shape index (κ1) is 29.3. The van der Waals surface area contributed by atoms with Gasteiger partial charge in [-0.2, -0.15) is 0 Å². The molecule has 0 saturated carbocycles. The number of amides is 1. The molecule has 0 bridgehead atoms. The highest BCUT2D eigenvalue weighted by Gasteiger charge is 1.97. The minimum Gasteiger partial charge on any atom is -0.465 e. The normalized spacial score (nSPS) is 11.3. The van der Waals surface area contributed by atoms with Crippen molar-refractivity contribution in [3.05, 3.63) is 0 Å². The van der Waals surface area contributed by atoms with Crippen LogP contribution in [0.1, 0.15) is 155 Å². The average Bonchev–Trinajstić information content (AvgIpc) is 2.70. The summed E-state index contributed by atoms with van der Waals surface area (Å²) in [6, 6.07) is 0. The minimum absolute atomic E-state index is 0.605. The standard InChI is InChI=1S/C27H55NO2/c1-26(2)24-22-20-18-16-14-12-10-8-6-4-3-5-7-9-11-13-15-17-19-21-23-25-28-27(29)30/h26,28H,3-25H2,1-2H3,(H,29,30). The van der Waals surface area contributed by atoms with Gasteiger partial charge in [0.15, 0.2) is 0 Å². The summed E-state index contributed by atoms with van der Waals surface area (Å²) in [7, 11) is 0. The molecule has 3 heteroatoms. The van der Waals surface area contributed by atoms with Crippen molar-refractivity contribution in [2.24, 2.45) is 5.92 Å². The van der Waals surface area contributed by atoms with E-state index in [1.54, 1.807) is 0 Å². The molecule has 0 heterocycles. The van der Waals surface area contributed by atoms with Crippen LogP contribution in [0, 0.1) is 5.92 Å². The van der Waals surface area contributed by atoms with E-state index in [1.165, 1.54) is 128 Å². The molecule has 0 aliphatic heterocycles. The zero-order valence-electron chi connectivity index (χ0n) is 20.7. The molecule has 0 aromatic carbocycles. The molecule has 0 saturated heterocycles. The first-order valence-electron chi connectivity index (χ1n) is 13.6. The van der Waals surface area contributed by atoms with Gasteiger partial charge in [0.2, 0.25) is 0 Å². The number of rotatable bonds is 24. The van der Waals surface area contributed by atoms with Crippen molar-refractivity contribution >= 4 is 6.09 Å². The topological polar surface area (TPSA) is 49.3 Å². The molecule has 0 aliphatic carbocycles. The third-order valence-corrected chi connectivity index (χ3v) is 6.23. The molecule has 0 aromatic rings. The van der Waals surface area contributed by atoms with Crippen molar-refractivity contribution < 1.29 is 9.90 Å². The van der Waals surface area contributed by atoms with Crippen LogP contribution in [-0.4, -0.2) is 17.7 Å². The van der Waals surface area contributed by atoms with Gasteiger partial charge in [0.05, 0.1) is 0 Å². The molecular formula is C27H55NO2. The van der Waals surface area contributed by atoms with E-state index in [9.17, 15) is 4.79 Å². The lowest BCUT2D eigenvalue weighted by Crippen LogP contribution is -2.21. The van der Waals surface area contributed by atoms with E-state index in [4.69, 9.17) is 5.11 Å². The molecule has 1 amide bonds. The number of unbranched alkanes of at least 4 members (excludes halogenated alkanes) is 20. The molecule has 180 valence electrons. The summed E-state index contributed by atoms with van der Waals surface area (Å²) in [6.07, 6.45) is 29.6. The van der Waals surface area contributed by atoms with Gasteiger partial charge in [-0.3, -0.25) is 0 Å². The van der Waals surface area contributed by atoms with Crippen LogP contribution < -0.4 is 5.32 Å². The number of carboxylic acid groups (broad SMARTS) is 1. The Kier molecular flexibility index (Phi) is 23.9. The highest BCUT2D eigenvalue weighted by molar-refractivity contribution is 5.64. The Morgan fingerprint density at radius 2 is 0.800 bits per heavy atom. The van der Waals surface area contributed by atoms with E-state index in [-0.39, 0.29) is 0 Å². The van der Waals surface area contributed by atoms with Crippen LogP contribution in [0.25, 0.3) is 0 Å². The Hall–Kier alpha value is -0.730. The van der Waals surface area contributed by atoms with Crippen molar-refractivity contribution in [1.82, 2.24) is 5.32 Å². The van der Waals surface area contributed by atoms with Gasteiger partial charge in [-0.1, -0.05) is 149 Å². The third kappa shape index (κ3) is 27.3. The first-order chi connectivity index (χ1) is 14.6. The summed E-state index contributed by atoms with van der Waals surface area (Å²) in [4.78, 5) is 10.3. The fourth-order valence-corrected chi connectivity index (χ4v) is 4.23. The Bertz CT molecular complexity index is 344. The SMILES string of the molecule is CC(C)CCCCCCCCCCCCCCCCCCCCCCCNC(=O)O. The monoisotopic (exact) mass is 425 g/mol. The number of hydrogen-bond acceptors (Lipinski definition) is 1. The maximum absolute atomic E-state index is 10.3. The van der Waals surface area contributed by atoms with Crippen LogP contribution in [-0.2, 0) is 0 Å². The number of nitrogens with one attached hydrogen (secondary N) is 1. The molecule has 0 atom stereocenters. The van der Waals surface area contributed by atoms with Crippen molar-refractivity contribution in [3.63, 3.8) is 0 Å².